The second kappa shape index (κ2) is 7.04. The Morgan fingerprint density at radius 2 is 2.00 bits per heavy atom. The van der Waals surface area contributed by atoms with Crippen LogP contribution in [0.5, 0.6) is 0 Å². The molecule has 0 saturated heterocycles. The third-order valence-corrected chi connectivity index (χ3v) is 4.98. The molecule has 2 aromatic heterocycles. The topological polar surface area (TPSA) is 94.7 Å². The van der Waals surface area contributed by atoms with Crippen molar-refractivity contribution in [3.8, 4) is 17.3 Å². The standard InChI is InChI=1S/C20H12Cl2N4O2/c1-10-17(19(26-28-10)18-14(21)3-2-4-15(18)22)20(27)25-12-5-6-16-13(7-12)11(8-23)9-24-16/h2-7,9,24H,1H3,(H,25,27). The maximum Gasteiger partial charge on any atom is 0.261 e. The van der Waals surface area contributed by atoms with Gasteiger partial charge in [-0.25, -0.2) is 0 Å². The van der Waals surface area contributed by atoms with Gasteiger partial charge in [-0.2, -0.15) is 5.26 Å². The fraction of sp³-hybridized carbons (Fsp3) is 0.0500. The molecule has 0 radical (unpaired) electrons. The van der Waals surface area contributed by atoms with Gasteiger partial charge >= 0.3 is 0 Å². The molecule has 6 nitrogen and oxygen atoms in total. The molecule has 8 heteroatoms. The summed E-state index contributed by atoms with van der Waals surface area (Å²) >= 11 is 12.5. The average molecular weight is 411 g/mol. The van der Waals surface area contributed by atoms with E-state index in [-0.39, 0.29) is 11.3 Å². The molecule has 1 amide bonds. The molecule has 4 rings (SSSR count). The number of amides is 1. The highest BCUT2D eigenvalue weighted by Gasteiger charge is 2.25. The normalized spacial score (nSPS) is 10.8. The van der Waals surface area contributed by atoms with Crippen molar-refractivity contribution in [3.63, 3.8) is 0 Å². The number of halogens is 2. The number of aromatic amines is 1. The zero-order chi connectivity index (χ0) is 19.8. The molecule has 0 atom stereocenters. The molecular weight excluding hydrogens is 399 g/mol. The number of aromatic nitrogens is 2. The summed E-state index contributed by atoms with van der Waals surface area (Å²) in [5.74, 6) is -0.0814. The lowest BCUT2D eigenvalue weighted by Crippen LogP contribution is -2.13. The summed E-state index contributed by atoms with van der Waals surface area (Å²) in [4.78, 5) is 16.0. The Balaban J connectivity index is 1.74. The van der Waals surface area contributed by atoms with Gasteiger partial charge in [0.2, 0.25) is 0 Å². The number of fused-ring (bicyclic) bond motifs is 1. The highest BCUT2D eigenvalue weighted by molar-refractivity contribution is 6.39. The van der Waals surface area contributed by atoms with E-state index < -0.39 is 5.91 Å². The van der Waals surface area contributed by atoms with Crippen LogP contribution in [0.2, 0.25) is 10.0 Å². The zero-order valence-electron chi connectivity index (χ0n) is 14.5. The van der Waals surface area contributed by atoms with Gasteiger partial charge in [0.1, 0.15) is 23.1 Å². The number of nitrogens with zero attached hydrogens (tertiary/aromatic N) is 2. The Hall–Kier alpha value is -3.27. The number of hydrogen-bond donors (Lipinski definition) is 2. The Morgan fingerprint density at radius 1 is 1.25 bits per heavy atom. The van der Waals surface area contributed by atoms with Crippen molar-refractivity contribution >= 4 is 45.7 Å². The lowest BCUT2D eigenvalue weighted by Gasteiger charge is -2.08. The number of anilines is 1. The van der Waals surface area contributed by atoms with E-state index >= 15 is 0 Å². The van der Waals surface area contributed by atoms with Crippen LogP contribution < -0.4 is 5.32 Å². The fourth-order valence-electron chi connectivity index (χ4n) is 3.02. The largest absolute Gasteiger partial charge is 0.360 e. The van der Waals surface area contributed by atoms with Gasteiger partial charge in [0.05, 0.1) is 15.6 Å². The number of carbonyl (C=O) groups excluding carboxylic acids is 1. The molecule has 0 spiro atoms. The summed E-state index contributed by atoms with van der Waals surface area (Å²) in [6, 6.07) is 12.4. The number of aryl methyl sites for hydroxylation is 1. The van der Waals surface area contributed by atoms with Gasteiger partial charge in [-0.1, -0.05) is 34.4 Å². The number of hydrogen-bond acceptors (Lipinski definition) is 4. The summed E-state index contributed by atoms with van der Waals surface area (Å²) in [7, 11) is 0. The lowest BCUT2D eigenvalue weighted by molar-refractivity contribution is 0.102. The number of rotatable bonds is 3. The van der Waals surface area contributed by atoms with E-state index in [1.165, 1.54) is 0 Å². The lowest BCUT2D eigenvalue weighted by atomic mass is 10.1. The van der Waals surface area contributed by atoms with E-state index in [4.69, 9.17) is 27.7 Å². The van der Waals surface area contributed by atoms with Crippen LogP contribution in [0, 0.1) is 18.3 Å². The first-order valence-electron chi connectivity index (χ1n) is 8.23. The molecule has 4 aromatic rings. The van der Waals surface area contributed by atoms with Gasteiger partial charge in [-0.15, -0.1) is 0 Å². The van der Waals surface area contributed by atoms with Gasteiger partial charge in [-0.05, 0) is 37.3 Å². The van der Waals surface area contributed by atoms with Crippen LogP contribution in [0.15, 0.2) is 47.1 Å². The molecule has 0 aliphatic carbocycles. The first-order chi connectivity index (χ1) is 13.5. The predicted molar refractivity (Wildman–Crippen MR) is 108 cm³/mol. The molecular formula is C20H12Cl2N4O2. The molecule has 2 N–H and O–H groups in total. The Labute approximate surface area is 169 Å². The second-order valence-corrected chi connectivity index (χ2v) is 6.90. The van der Waals surface area contributed by atoms with Crippen LogP contribution in [0.25, 0.3) is 22.2 Å². The fourth-order valence-corrected chi connectivity index (χ4v) is 3.60. The van der Waals surface area contributed by atoms with Crippen molar-refractivity contribution in [1.29, 1.82) is 5.26 Å². The molecule has 2 heterocycles. The average Bonchev–Trinajstić information content (AvgIpc) is 3.24. The van der Waals surface area contributed by atoms with E-state index in [1.54, 1.807) is 49.5 Å². The van der Waals surface area contributed by atoms with E-state index in [0.29, 0.717) is 32.6 Å². The van der Waals surface area contributed by atoms with Crippen molar-refractivity contribution in [2.75, 3.05) is 5.32 Å². The summed E-state index contributed by atoms with van der Waals surface area (Å²) in [5, 5.41) is 17.4. The number of benzene rings is 2. The number of nitriles is 1. The highest BCUT2D eigenvalue weighted by Crippen LogP contribution is 2.37. The number of nitrogens with one attached hydrogen (secondary N) is 2. The molecule has 0 aliphatic rings. The minimum absolute atomic E-state index is 0.240. The van der Waals surface area contributed by atoms with Gasteiger partial charge in [0, 0.05) is 28.4 Å². The van der Waals surface area contributed by atoms with Crippen LogP contribution in [0.3, 0.4) is 0 Å². The first kappa shape index (κ1) is 18.1. The Bertz CT molecular complexity index is 1250. The molecule has 0 bridgehead atoms. The monoisotopic (exact) mass is 410 g/mol. The molecule has 0 unspecified atom stereocenters. The quantitative estimate of drug-likeness (QED) is 0.461. The second-order valence-electron chi connectivity index (χ2n) is 6.09. The first-order valence-corrected chi connectivity index (χ1v) is 8.98. The van der Waals surface area contributed by atoms with Crippen molar-refractivity contribution in [2.24, 2.45) is 0 Å². The predicted octanol–water partition coefficient (Wildman–Crippen LogP) is 5.56. The summed E-state index contributed by atoms with van der Waals surface area (Å²) < 4.78 is 5.24. The van der Waals surface area contributed by atoms with E-state index in [0.717, 1.165) is 10.9 Å². The number of carbonyl (C=O) groups is 1. The van der Waals surface area contributed by atoms with E-state index in [9.17, 15) is 10.1 Å². The van der Waals surface area contributed by atoms with Crippen molar-refractivity contribution in [3.05, 3.63) is 69.5 Å². The summed E-state index contributed by atoms with van der Waals surface area (Å²) in [5.41, 5.74) is 2.77. The van der Waals surface area contributed by atoms with Crippen molar-refractivity contribution < 1.29 is 9.32 Å². The van der Waals surface area contributed by atoms with Gasteiger partial charge in [-0.3, -0.25) is 4.79 Å². The zero-order valence-corrected chi connectivity index (χ0v) is 16.0. The smallest absolute Gasteiger partial charge is 0.261 e. The molecule has 2 aromatic carbocycles. The maximum atomic E-state index is 13.0. The number of H-pyrrole nitrogens is 1. The van der Waals surface area contributed by atoms with Crippen molar-refractivity contribution in [2.45, 2.75) is 6.92 Å². The summed E-state index contributed by atoms with van der Waals surface area (Å²) in [6.45, 7) is 1.64. The van der Waals surface area contributed by atoms with Crippen LogP contribution >= 0.6 is 23.2 Å². The van der Waals surface area contributed by atoms with E-state index in [2.05, 4.69) is 21.5 Å². The third kappa shape index (κ3) is 3.01. The molecule has 138 valence electrons. The van der Waals surface area contributed by atoms with Crippen LogP contribution in [0.1, 0.15) is 21.7 Å². The third-order valence-electron chi connectivity index (χ3n) is 4.35. The van der Waals surface area contributed by atoms with E-state index in [1.807, 2.05) is 0 Å². The minimum atomic E-state index is -0.418. The Morgan fingerprint density at radius 3 is 2.71 bits per heavy atom. The molecule has 0 saturated carbocycles. The van der Waals surface area contributed by atoms with Crippen molar-refractivity contribution in [1.82, 2.24) is 10.1 Å². The van der Waals surface area contributed by atoms with Gasteiger partial charge < -0.3 is 14.8 Å². The molecule has 0 fully saturated rings. The minimum Gasteiger partial charge on any atom is -0.360 e. The highest BCUT2D eigenvalue weighted by atomic mass is 35.5. The van der Waals surface area contributed by atoms with Crippen LogP contribution in [-0.4, -0.2) is 16.0 Å². The van der Waals surface area contributed by atoms with Gasteiger partial charge in [0.15, 0.2) is 0 Å². The molecule has 0 aliphatic heterocycles. The van der Waals surface area contributed by atoms with Gasteiger partial charge in [0.25, 0.3) is 5.91 Å². The molecule has 28 heavy (non-hydrogen) atoms. The Kier molecular flexibility index (Phi) is 4.55. The maximum absolute atomic E-state index is 13.0. The van der Waals surface area contributed by atoms with Crippen LogP contribution in [0.4, 0.5) is 5.69 Å². The van der Waals surface area contributed by atoms with Crippen LogP contribution in [-0.2, 0) is 0 Å². The SMILES string of the molecule is Cc1onc(-c2c(Cl)cccc2Cl)c1C(=O)Nc1ccc2[nH]cc(C#N)c2c1. The summed E-state index contributed by atoms with van der Waals surface area (Å²) in [6.07, 6.45) is 1.62.